The predicted octanol–water partition coefficient (Wildman–Crippen LogP) is 3.75. The molecule has 2 heterocycles. The summed E-state index contributed by atoms with van der Waals surface area (Å²) in [6.45, 7) is 0.691. The summed E-state index contributed by atoms with van der Waals surface area (Å²) in [5.41, 5.74) is 0.643. The quantitative estimate of drug-likeness (QED) is 0.429. The first-order valence-corrected chi connectivity index (χ1v) is 10.0. The van der Waals surface area contributed by atoms with Crippen molar-refractivity contribution in [3.8, 4) is 11.5 Å². The van der Waals surface area contributed by atoms with Gasteiger partial charge in [-0.25, -0.2) is 9.37 Å². The highest BCUT2D eigenvalue weighted by Crippen LogP contribution is 2.29. The third-order valence-corrected chi connectivity index (χ3v) is 5.45. The maximum absolute atomic E-state index is 13.6. The molecule has 0 aliphatic heterocycles. The van der Waals surface area contributed by atoms with E-state index in [1.54, 1.807) is 53.2 Å². The van der Waals surface area contributed by atoms with Crippen molar-refractivity contribution in [1.29, 1.82) is 0 Å². The van der Waals surface area contributed by atoms with Crippen molar-refractivity contribution < 1.29 is 18.7 Å². The number of hydrogen-bond donors (Lipinski definition) is 0. The van der Waals surface area contributed by atoms with Gasteiger partial charge in [-0.2, -0.15) is 5.10 Å². The number of thiazole rings is 1. The number of nitrogens with zero attached hydrogens (tertiary/aromatic N) is 4. The largest absolute Gasteiger partial charge is 0.497 e. The lowest BCUT2D eigenvalue weighted by molar-refractivity contribution is -0.120. The van der Waals surface area contributed by atoms with Crippen molar-refractivity contribution in [2.75, 3.05) is 25.2 Å². The molecule has 0 radical (unpaired) electrons. The zero-order valence-corrected chi connectivity index (χ0v) is 17.0. The van der Waals surface area contributed by atoms with Crippen LogP contribution in [-0.2, 0) is 11.3 Å². The molecular formula is C21H19FN4O3S. The first kappa shape index (κ1) is 19.8. The molecule has 4 rings (SSSR count). The van der Waals surface area contributed by atoms with Gasteiger partial charge in [-0.1, -0.05) is 11.3 Å². The first-order chi connectivity index (χ1) is 14.6. The van der Waals surface area contributed by atoms with E-state index in [4.69, 9.17) is 9.47 Å². The molecule has 0 saturated carbocycles. The van der Waals surface area contributed by atoms with E-state index >= 15 is 0 Å². The molecule has 0 atom stereocenters. The Labute approximate surface area is 176 Å². The highest BCUT2D eigenvalue weighted by atomic mass is 32.1. The minimum Gasteiger partial charge on any atom is -0.497 e. The second-order valence-corrected chi connectivity index (χ2v) is 7.40. The third-order valence-electron chi connectivity index (χ3n) is 4.40. The molecule has 2 aromatic carbocycles. The van der Waals surface area contributed by atoms with Crippen LogP contribution in [0, 0.1) is 5.82 Å². The summed E-state index contributed by atoms with van der Waals surface area (Å²) in [7, 11) is 1.58. The zero-order valence-electron chi connectivity index (χ0n) is 16.2. The van der Waals surface area contributed by atoms with Crippen LogP contribution in [0.15, 0.2) is 60.9 Å². The van der Waals surface area contributed by atoms with E-state index < -0.39 is 0 Å². The average molecular weight is 426 g/mol. The van der Waals surface area contributed by atoms with E-state index in [-0.39, 0.29) is 18.3 Å². The topological polar surface area (TPSA) is 69.5 Å². The van der Waals surface area contributed by atoms with Crippen molar-refractivity contribution in [2.45, 2.75) is 6.54 Å². The molecule has 0 saturated heterocycles. The van der Waals surface area contributed by atoms with Gasteiger partial charge >= 0.3 is 0 Å². The van der Waals surface area contributed by atoms with E-state index in [2.05, 4.69) is 10.1 Å². The maximum atomic E-state index is 13.6. The molecule has 0 N–H and O–H groups in total. The van der Waals surface area contributed by atoms with Gasteiger partial charge in [0.1, 0.15) is 17.3 Å². The number of amides is 1. The lowest BCUT2D eigenvalue weighted by atomic mass is 10.3. The second kappa shape index (κ2) is 8.91. The van der Waals surface area contributed by atoms with Crippen LogP contribution in [0.2, 0.25) is 0 Å². The molecule has 0 aliphatic carbocycles. The molecule has 154 valence electrons. The van der Waals surface area contributed by atoms with Gasteiger partial charge in [-0.05, 0) is 48.5 Å². The van der Waals surface area contributed by atoms with Crippen molar-refractivity contribution >= 4 is 32.6 Å². The van der Waals surface area contributed by atoms with Crippen LogP contribution in [0.25, 0.3) is 10.2 Å². The molecule has 30 heavy (non-hydrogen) atoms. The fraction of sp³-hybridized carbons (Fsp3) is 0.190. The molecule has 4 aromatic rings. The SMILES string of the molecule is COc1ccc(OCC(=O)N(CCn2cccn2)c2nc3ccc(F)cc3s2)cc1. The molecule has 0 fully saturated rings. The predicted molar refractivity (Wildman–Crippen MR) is 113 cm³/mol. The molecule has 0 bridgehead atoms. The Morgan fingerprint density at radius 3 is 2.73 bits per heavy atom. The lowest BCUT2D eigenvalue weighted by Gasteiger charge is -2.20. The van der Waals surface area contributed by atoms with Gasteiger partial charge in [0.25, 0.3) is 5.91 Å². The summed E-state index contributed by atoms with van der Waals surface area (Å²) in [6.07, 6.45) is 3.50. The molecule has 1 amide bonds. The fourth-order valence-corrected chi connectivity index (χ4v) is 3.89. The van der Waals surface area contributed by atoms with Gasteiger partial charge in [-0.15, -0.1) is 0 Å². The lowest BCUT2D eigenvalue weighted by Crippen LogP contribution is -2.37. The van der Waals surface area contributed by atoms with E-state index in [1.807, 2.05) is 12.3 Å². The third kappa shape index (κ3) is 4.57. The number of rotatable bonds is 8. The van der Waals surface area contributed by atoms with Gasteiger partial charge < -0.3 is 9.47 Å². The molecule has 0 unspecified atom stereocenters. The molecule has 0 spiro atoms. The first-order valence-electron chi connectivity index (χ1n) is 9.23. The number of benzene rings is 2. The van der Waals surface area contributed by atoms with Gasteiger partial charge in [0.05, 0.1) is 23.9 Å². The summed E-state index contributed by atoms with van der Waals surface area (Å²) in [6, 6.07) is 13.2. The number of carbonyl (C=O) groups excluding carboxylic acids is 1. The average Bonchev–Trinajstić information content (AvgIpc) is 3.42. The Bertz CT molecular complexity index is 1130. The fourth-order valence-electron chi connectivity index (χ4n) is 2.86. The molecule has 2 aromatic heterocycles. The zero-order chi connectivity index (χ0) is 20.9. The number of aromatic nitrogens is 3. The van der Waals surface area contributed by atoms with Crippen LogP contribution in [-0.4, -0.2) is 40.9 Å². The van der Waals surface area contributed by atoms with Crippen molar-refractivity contribution in [3.05, 3.63) is 66.7 Å². The van der Waals surface area contributed by atoms with E-state index in [9.17, 15) is 9.18 Å². The summed E-state index contributed by atoms with van der Waals surface area (Å²) in [5.74, 6) is 0.672. The van der Waals surface area contributed by atoms with Crippen LogP contribution < -0.4 is 14.4 Å². The Morgan fingerprint density at radius 1 is 1.20 bits per heavy atom. The van der Waals surface area contributed by atoms with Crippen molar-refractivity contribution in [2.24, 2.45) is 0 Å². The second-order valence-electron chi connectivity index (χ2n) is 6.39. The van der Waals surface area contributed by atoms with Crippen LogP contribution in [0.3, 0.4) is 0 Å². The summed E-state index contributed by atoms with van der Waals surface area (Å²) in [4.78, 5) is 19.0. The number of fused-ring (bicyclic) bond motifs is 1. The number of anilines is 1. The van der Waals surface area contributed by atoms with Gasteiger partial charge in [-0.3, -0.25) is 14.4 Å². The minimum atomic E-state index is -0.338. The number of ether oxygens (including phenoxy) is 2. The Morgan fingerprint density at radius 2 is 2.00 bits per heavy atom. The van der Waals surface area contributed by atoms with Crippen LogP contribution in [0.4, 0.5) is 9.52 Å². The van der Waals surface area contributed by atoms with Crippen molar-refractivity contribution in [1.82, 2.24) is 14.8 Å². The smallest absolute Gasteiger partial charge is 0.266 e. The summed E-state index contributed by atoms with van der Waals surface area (Å²) >= 11 is 1.26. The number of hydrogen-bond acceptors (Lipinski definition) is 6. The van der Waals surface area contributed by atoms with Gasteiger partial charge in [0.15, 0.2) is 11.7 Å². The van der Waals surface area contributed by atoms with E-state index in [0.29, 0.717) is 39.9 Å². The molecule has 9 heteroatoms. The van der Waals surface area contributed by atoms with Gasteiger partial charge in [0, 0.05) is 18.9 Å². The van der Waals surface area contributed by atoms with Crippen LogP contribution in [0.1, 0.15) is 0 Å². The monoisotopic (exact) mass is 426 g/mol. The minimum absolute atomic E-state index is 0.157. The summed E-state index contributed by atoms with van der Waals surface area (Å²) < 4.78 is 26.7. The Hall–Kier alpha value is -3.46. The van der Waals surface area contributed by atoms with Crippen LogP contribution in [0.5, 0.6) is 11.5 Å². The molecule has 0 aliphatic rings. The normalized spacial score (nSPS) is 10.9. The standard InChI is InChI=1S/C21H19FN4O3S/c1-28-16-4-6-17(7-5-16)29-14-20(27)26(12-11-25-10-2-9-23-25)21-24-18-8-3-15(22)13-19(18)30-21/h2-10,13H,11-12,14H2,1H3. The molecular weight excluding hydrogens is 407 g/mol. The van der Waals surface area contributed by atoms with Crippen molar-refractivity contribution in [3.63, 3.8) is 0 Å². The highest BCUT2D eigenvalue weighted by Gasteiger charge is 2.21. The Kier molecular flexibility index (Phi) is 5.89. The van der Waals surface area contributed by atoms with Gasteiger partial charge in [0.2, 0.25) is 0 Å². The van der Waals surface area contributed by atoms with E-state index in [1.165, 1.54) is 23.5 Å². The highest BCUT2D eigenvalue weighted by molar-refractivity contribution is 7.22. The van der Waals surface area contributed by atoms with Crippen LogP contribution >= 0.6 is 11.3 Å². The number of halogens is 1. The summed E-state index contributed by atoms with van der Waals surface area (Å²) in [5, 5.41) is 4.67. The maximum Gasteiger partial charge on any atom is 0.266 e. The van der Waals surface area contributed by atoms with E-state index in [0.717, 1.165) is 0 Å². The number of carbonyl (C=O) groups is 1. The Balaban J connectivity index is 1.52. The molecule has 7 nitrogen and oxygen atoms in total. The number of methoxy groups -OCH3 is 1.